The van der Waals surface area contributed by atoms with Crippen LogP contribution in [-0.4, -0.2) is 29.8 Å². The largest absolute Gasteiger partial charge is 0.342 e. The summed E-state index contributed by atoms with van der Waals surface area (Å²) in [6, 6.07) is 13.5. The van der Waals surface area contributed by atoms with Crippen molar-refractivity contribution in [2.75, 3.05) is 18.4 Å². The number of aryl methyl sites for hydroxylation is 2. The number of carbonyl (C=O) groups excluding carboxylic acids is 2. The van der Waals surface area contributed by atoms with E-state index in [9.17, 15) is 9.59 Å². The molecule has 1 N–H and O–H groups in total. The van der Waals surface area contributed by atoms with Crippen molar-refractivity contribution < 1.29 is 9.59 Å². The van der Waals surface area contributed by atoms with E-state index in [0.29, 0.717) is 24.5 Å². The molecule has 0 heterocycles. The third-order valence-electron chi connectivity index (χ3n) is 4.12. The van der Waals surface area contributed by atoms with Gasteiger partial charge in [-0.25, -0.2) is 0 Å². The SMILES string of the molecule is CC(=O)N(CCC(=O)Nc1cc(C)cc(C)c1)CCc1cccc(Cl)c1. The summed E-state index contributed by atoms with van der Waals surface area (Å²) in [5.41, 5.74) is 4.07. The molecule has 0 aromatic heterocycles. The minimum atomic E-state index is -0.0935. The van der Waals surface area contributed by atoms with Crippen LogP contribution >= 0.6 is 11.6 Å². The number of amides is 2. The second-order valence-electron chi connectivity index (χ2n) is 6.56. The van der Waals surface area contributed by atoms with Gasteiger partial charge in [-0.1, -0.05) is 29.8 Å². The van der Waals surface area contributed by atoms with Crippen molar-refractivity contribution in [1.29, 1.82) is 0 Å². The van der Waals surface area contributed by atoms with Crippen LogP contribution in [0.4, 0.5) is 5.69 Å². The Kier molecular flexibility index (Phi) is 7.22. The van der Waals surface area contributed by atoms with Gasteiger partial charge in [-0.2, -0.15) is 0 Å². The Balaban J connectivity index is 1.87. The lowest BCUT2D eigenvalue weighted by atomic mass is 10.1. The molecule has 2 aromatic rings. The highest BCUT2D eigenvalue weighted by Crippen LogP contribution is 2.14. The van der Waals surface area contributed by atoms with Gasteiger partial charge >= 0.3 is 0 Å². The first-order chi connectivity index (χ1) is 12.3. The van der Waals surface area contributed by atoms with Crippen molar-refractivity contribution in [1.82, 2.24) is 4.90 Å². The van der Waals surface area contributed by atoms with Crippen molar-refractivity contribution in [3.63, 3.8) is 0 Å². The van der Waals surface area contributed by atoms with E-state index in [1.54, 1.807) is 4.90 Å². The van der Waals surface area contributed by atoms with Crippen molar-refractivity contribution >= 4 is 29.1 Å². The quantitative estimate of drug-likeness (QED) is 0.784. The summed E-state index contributed by atoms with van der Waals surface area (Å²) in [5.74, 6) is -0.129. The fourth-order valence-corrected chi connectivity index (χ4v) is 3.10. The molecule has 0 saturated carbocycles. The number of hydrogen-bond donors (Lipinski definition) is 1. The summed E-state index contributed by atoms with van der Waals surface area (Å²) in [7, 11) is 0. The zero-order valence-corrected chi connectivity index (χ0v) is 16.3. The van der Waals surface area contributed by atoms with Crippen LogP contribution in [0.2, 0.25) is 5.02 Å². The van der Waals surface area contributed by atoms with Crippen molar-refractivity contribution in [2.45, 2.75) is 33.6 Å². The van der Waals surface area contributed by atoms with E-state index >= 15 is 0 Å². The lowest BCUT2D eigenvalue weighted by Crippen LogP contribution is -2.33. The minimum Gasteiger partial charge on any atom is -0.342 e. The average molecular weight is 373 g/mol. The van der Waals surface area contributed by atoms with E-state index in [2.05, 4.69) is 11.4 Å². The standard InChI is InChI=1S/C21H25ClN2O2/c1-15-11-16(2)13-20(12-15)23-21(26)8-10-24(17(3)25)9-7-18-5-4-6-19(22)14-18/h4-6,11-14H,7-10H2,1-3H3,(H,23,26). The Morgan fingerprint density at radius 3 is 2.35 bits per heavy atom. The summed E-state index contributed by atoms with van der Waals surface area (Å²) in [4.78, 5) is 25.8. The fourth-order valence-electron chi connectivity index (χ4n) is 2.89. The molecular weight excluding hydrogens is 348 g/mol. The molecule has 26 heavy (non-hydrogen) atoms. The smallest absolute Gasteiger partial charge is 0.226 e. The number of hydrogen-bond acceptors (Lipinski definition) is 2. The Labute approximate surface area is 160 Å². The number of benzene rings is 2. The highest BCUT2D eigenvalue weighted by molar-refractivity contribution is 6.30. The molecule has 2 amide bonds. The molecule has 4 nitrogen and oxygen atoms in total. The molecule has 0 aliphatic carbocycles. The molecule has 0 bridgehead atoms. The number of anilines is 1. The topological polar surface area (TPSA) is 49.4 Å². The van der Waals surface area contributed by atoms with E-state index in [-0.39, 0.29) is 18.2 Å². The molecule has 0 radical (unpaired) electrons. The molecule has 0 spiro atoms. The third kappa shape index (κ3) is 6.52. The van der Waals surface area contributed by atoms with E-state index in [1.165, 1.54) is 6.92 Å². The Bertz CT molecular complexity index is 769. The Morgan fingerprint density at radius 2 is 1.73 bits per heavy atom. The number of nitrogens with one attached hydrogen (secondary N) is 1. The predicted molar refractivity (Wildman–Crippen MR) is 107 cm³/mol. The van der Waals surface area contributed by atoms with Crippen LogP contribution in [-0.2, 0) is 16.0 Å². The summed E-state index contributed by atoms with van der Waals surface area (Å²) < 4.78 is 0. The van der Waals surface area contributed by atoms with Crippen molar-refractivity contribution in [3.05, 3.63) is 64.2 Å². The summed E-state index contributed by atoms with van der Waals surface area (Å²) in [6.07, 6.45) is 0.973. The van der Waals surface area contributed by atoms with Gasteiger partial charge in [-0.3, -0.25) is 9.59 Å². The van der Waals surface area contributed by atoms with Gasteiger partial charge in [-0.05, 0) is 61.2 Å². The number of nitrogens with zero attached hydrogens (tertiary/aromatic N) is 1. The number of carbonyl (C=O) groups is 2. The van der Waals surface area contributed by atoms with E-state index in [1.807, 2.05) is 50.2 Å². The normalized spacial score (nSPS) is 10.5. The van der Waals surface area contributed by atoms with Gasteiger partial charge in [0.05, 0.1) is 0 Å². The van der Waals surface area contributed by atoms with E-state index in [0.717, 1.165) is 22.4 Å². The molecule has 0 saturated heterocycles. The second kappa shape index (κ2) is 9.39. The first-order valence-electron chi connectivity index (χ1n) is 8.71. The van der Waals surface area contributed by atoms with Gasteiger partial charge in [0.25, 0.3) is 0 Å². The second-order valence-corrected chi connectivity index (χ2v) is 7.00. The third-order valence-corrected chi connectivity index (χ3v) is 4.35. The van der Waals surface area contributed by atoms with Crippen LogP contribution in [0, 0.1) is 13.8 Å². The number of halogens is 1. The molecule has 0 fully saturated rings. The maximum atomic E-state index is 12.2. The minimum absolute atomic E-state index is 0.0359. The Morgan fingerprint density at radius 1 is 1.04 bits per heavy atom. The zero-order chi connectivity index (χ0) is 19.1. The molecule has 0 aliphatic rings. The highest BCUT2D eigenvalue weighted by atomic mass is 35.5. The molecule has 138 valence electrons. The molecule has 0 aliphatic heterocycles. The first-order valence-corrected chi connectivity index (χ1v) is 9.09. The van der Waals surface area contributed by atoms with Gasteiger partial charge in [0, 0.05) is 37.1 Å². The van der Waals surface area contributed by atoms with Crippen LogP contribution in [0.3, 0.4) is 0 Å². The van der Waals surface area contributed by atoms with Crippen molar-refractivity contribution in [2.24, 2.45) is 0 Å². The predicted octanol–water partition coefficient (Wildman–Crippen LogP) is 4.38. The summed E-state index contributed by atoms with van der Waals surface area (Å²) in [5, 5.41) is 3.59. The highest BCUT2D eigenvalue weighted by Gasteiger charge is 2.12. The molecule has 0 unspecified atom stereocenters. The maximum Gasteiger partial charge on any atom is 0.226 e. The fraction of sp³-hybridized carbons (Fsp3) is 0.333. The molecule has 0 atom stereocenters. The van der Waals surface area contributed by atoms with Gasteiger partial charge in [-0.15, -0.1) is 0 Å². The van der Waals surface area contributed by atoms with Crippen LogP contribution in [0.15, 0.2) is 42.5 Å². The van der Waals surface area contributed by atoms with Crippen molar-refractivity contribution in [3.8, 4) is 0 Å². The lowest BCUT2D eigenvalue weighted by Gasteiger charge is -2.21. The monoisotopic (exact) mass is 372 g/mol. The lowest BCUT2D eigenvalue weighted by molar-refractivity contribution is -0.129. The number of rotatable bonds is 7. The van der Waals surface area contributed by atoms with Gasteiger partial charge < -0.3 is 10.2 Å². The molecule has 2 rings (SSSR count). The van der Waals surface area contributed by atoms with Crippen LogP contribution in [0.25, 0.3) is 0 Å². The van der Waals surface area contributed by atoms with Gasteiger partial charge in [0.2, 0.25) is 11.8 Å². The average Bonchev–Trinajstić information content (AvgIpc) is 2.53. The molecular formula is C21H25ClN2O2. The summed E-state index contributed by atoms with van der Waals surface area (Å²) in [6.45, 7) is 6.48. The maximum absolute atomic E-state index is 12.2. The van der Waals surface area contributed by atoms with Crippen LogP contribution in [0.5, 0.6) is 0 Å². The first kappa shape index (κ1) is 20.0. The van der Waals surface area contributed by atoms with E-state index < -0.39 is 0 Å². The van der Waals surface area contributed by atoms with Crippen LogP contribution < -0.4 is 5.32 Å². The van der Waals surface area contributed by atoms with Crippen LogP contribution in [0.1, 0.15) is 30.0 Å². The summed E-state index contributed by atoms with van der Waals surface area (Å²) >= 11 is 5.99. The zero-order valence-electron chi connectivity index (χ0n) is 15.5. The van der Waals surface area contributed by atoms with Gasteiger partial charge in [0.15, 0.2) is 0 Å². The van der Waals surface area contributed by atoms with E-state index in [4.69, 9.17) is 11.6 Å². The van der Waals surface area contributed by atoms with Gasteiger partial charge in [0.1, 0.15) is 0 Å². The molecule has 2 aromatic carbocycles. The Hall–Kier alpha value is -2.33. The molecule has 5 heteroatoms.